The average Bonchev–Trinajstić information content (AvgIpc) is 3.13. The van der Waals surface area contributed by atoms with Crippen molar-refractivity contribution in [3.63, 3.8) is 0 Å². The van der Waals surface area contributed by atoms with E-state index in [1.807, 2.05) is 25.2 Å². The van der Waals surface area contributed by atoms with Crippen molar-refractivity contribution in [2.75, 3.05) is 33.2 Å². The molecule has 4 bridgehead atoms. The number of nitrogens with zero attached hydrogens (tertiary/aromatic N) is 4. The number of carbonyl (C=O) groups is 2. The molecule has 30 heavy (non-hydrogen) atoms. The van der Waals surface area contributed by atoms with E-state index in [0.717, 1.165) is 42.6 Å². The number of hydrogen-bond acceptors (Lipinski definition) is 4. The summed E-state index contributed by atoms with van der Waals surface area (Å²) in [6.45, 7) is 2.57. The molecule has 1 saturated heterocycles. The SMILES string of the molecule is CNC(C(=O)N1CCN(C(=O)C23CC4CC(CC(C4)C2)C3)CC1)c1cnn(C)c1.Cl. The highest BCUT2D eigenvalue weighted by atomic mass is 35.5. The molecule has 1 aliphatic heterocycles. The van der Waals surface area contributed by atoms with E-state index < -0.39 is 0 Å². The molecule has 0 aromatic carbocycles. The van der Waals surface area contributed by atoms with Gasteiger partial charge in [0.15, 0.2) is 0 Å². The van der Waals surface area contributed by atoms with Gasteiger partial charge < -0.3 is 15.1 Å². The predicted octanol–water partition coefficient (Wildman–Crippen LogP) is 1.99. The molecule has 1 atom stereocenters. The van der Waals surface area contributed by atoms with E-state index in [9.17, 15) is 9.59 Å². The van der Waals surface area contributed by atoms with E-state index in [-0.39, 0.29) is 29.8 Å². The van der Waals surface area contributed by atoms with Gasteiger partial charge in [0.05, 0.1) is 11.6 Å². The molecule has 1 aromatic rings. The predicted molar refractivity (Wildman–Crippen MR) is 116 cm³/mol. The zero-order valence-corrected chi connectivity index (χ0v) is 18.9. The van der Waals surface area contributed by atoms with E-state index in [1.54, 1.807) is 10.9 Å². The topological polar surface area (TPSA) is 70.5 Å². The molecule has 7 nitrogen and oxygen atoms in total. The minimum atomic E-state index is -0.380. The molecule has 4 aliphatic carbocycles. The molecular weight excluding hydrogens is 402 g/mol. The van der Waals surface area contributed by atoms with Crippen LogP contribution in [-0.4, -0.2) is 64.6 Å². The van der Waals surface area contributed by atoms with Crippen molar-refractivity contribution in [2.24, 2.45) is 30.2 Å². The fraction of sp³-hybridized carbons (Fsp3) is 0.773. The Morgan fingerprint density at radius 3 is 2.03 bits per heavy atom. The van der Waals surface area contributed by atoms with Gasteiger partial charge in [-0.25, -0.2) is 0 Å². The Morgan fingerprint density at radius 2 is 1.57 bits per heavy atom. The van der Waals surface area contributed by atoms with Gasteiger partial charge in [-0.1, -0.05) is 0 Å². The van der Waals surface area contributed by atoms with Gasteiger partial charge in [0, 0.05) is 45.0 Å². The lowest BCUT2D eigenvalue weighted by Gasteiger charge is -2.57. The second-order valence-corrected chi connectivity index (χ2v) is 9.98. The molecule has 6 rings (SSSR count). The fourth-order valence-corrected chi connectivity index (χ4v) is 7.04. The lowest BCUT2D eigenvalue weighted by atomic mass is 9.49. The zero-order valence-electron chi connectivity index (χ0n) is 18.0. The normalized spacial score (nSPS) is 33.3. The van der Waals surface area contributed by atoms with Crippen molar-refractivity contribution in [2.45, 2.75) is 44.6 Å². The van der Waals surface area contributed by atoms with E-state index in [2.05, 4.69) is 15.3 Å². The lowest BCUT2D eigenvalue weighted by molar-refractivity contribution is -0.160. The van der Waals surface area contributed by atoms with Crippen LogP contribution in [0.1, 0.15) is 50.1 Å². The molecule has 2 heterocycles. The van der Waals surface area contributed by atoms with Gasteiger partial charge in [-0.05, 0) is 63.3 Å². The first-order valence-corrected chi connectivity index (χ1v) is 11.2. The van der Waals surface area contributed by atoms with Crippen molar-refractivity contribution >= 4 is 24.2 Å². The molecule has 8 heteroatoms. The van der Waals surface area contributed by atoms with Crippen LogP contribution in [-0.2, 0) is 16.6 Å². The van der Waals surface area contributed by atoms with Crippen LogP contribution in [0, 0.1) is 23.2 Å². The van der Waals surface area contributed by atoms with Crippen molar-refractivity contribution in [1.29, 1.82) is 0 Å². The van der Waals surface area contributed by atoms with Crippen LogP contribution in [0.4, 0.5) is 0 Å². The highest BCUT2D eigenvalue weighted by Crippen LogP contribution is 2.60. The number of hydrogen-bond donors (Lipinski definition) is 1. The summed E-state index contributed by atoms with van der Waals surface area (Å²) in [5.41, 5.74) is 0.802. The van der Waals surface area contributed by atoms with E-state index in [4.69, 9.17) is 0 Å². The summed E-state index contributed by atoms with van der Waals surface area (Å²) in [4.78, 5) is 30.6. The molecule has 2 amide bonds. The van der Waals surface area contributed by atoms with Gasteiger partial charge in [0.2, 0.25) is 11.8 Å². The minimum absolute atomic E-state index is 0. The Kier molecular flexibility index (Phi) is 5.88. The summed E-state index contributed by atoms with van der Waals surface area (Å²) in [6.07, 6.45) is 11.0. The van der Waals surface area contributed by atoms with Crippen LogP contribution in [0.3, 0.4) is 0 Å². The summed E-state index contributed by atoms with van der Waals surface area (Å²) in [5.74, 6) is 2.81. The first-order valence-electron chi connectivity index (χ1n) is 11.2. The van der Waals surface area contributed by atoms with Crippen molar-refractivity contribution in [3.8, 4) is 0 Å². The van der Waals surface area contributed by atoms with Crippen LogP contribution in [0.25, 0.3) is 0 Å². The molecule has 1 unspecified atom stereocenters. The first-order chi connectivity index (χ1) is 14.0. The number of amides is 2. The van der Waals surface area contributed by atoms with Crippen LogP contribution >= 0.6 is 12.4 Å². The van der Waals surface area contributed by atoms with Gasteiger partial charge in [-0.2, -0.15) is 5.10 Å². The number of aryl methyl sites for hydroxylation is 1. The third-order valence-corrected chi connectivity index (χ3v) is 7.96. The Balaban J connectivity index is 0.00000218. The summed E-state index contributed by atoms with van der Waals surface area (Å²) in [5, 5.41) is 7.32. The number of halogens is 1. The largest absolute Gasteiger partial charge is 0.339 e. The number of rotatable bonds is 4. The third kappa shape index (κ3) is 3.64. The average molecular weight is 436 g/mol. The highest BCUT2D eigenvalue weighted by Gasteiger charge is 2.55. The van der Waals surface area contributed by atoms with E-state index in [1.165, 1.54) is 19.3 Å². The van der Waals surface area contributed by atoms with Crippen LogP contribution in [0.15, 0.2) is 12.4 Å². The Morgan fingerprint density at radius 1 is 1.03 bits per heavy atom. The second kappa shape index (κ2) is 8.15. The van der Waals surface area contributed by atoms with Crippen molar-refractivity contribution in [3.05, 3.63) is 18.0 Å². The van der Waals surface area contributed by atoms with E-state index in [0.29, 0.717) is 32.1 Å². The van der Waals surface area contributed by atoms with Crippen LogP contribution < -0.4 is 5.32 Å². The van der Waals surface area contributed by atoms with Crippen molar-refractivity contribution in [1.82, 2.24) is 24.9 Å². The van der Waals surface area contributed by atoms with E-state index >= 15 is 0 Å². The van der Waals surface area contributed by atoms with Gasteiger partial charge in [0.1, 0.15) is 6.04 Å². The Labute approximate surface area is 184 Å². The molecule has 4 saturated carbocycles. The molecule has 5 aliphatic rings. The monoisotopic (exact) mass is 435 g/mol. The molecule has 0 spiro atoms. The summed E-state index contributed by atoms with van der Waals surface area (Å²) < 4.78 is 1.72. The van der Waals surface area contributed by atoms with Crippen LogP contribution in [0.2, 0.25) is 0 Å². The van der Waals surface area contributed by atoms with Gasteiger partial charge in [0.25, 0.3) is 0 Å². The lowest BCUT2D eigenvalue weighted by Crippen LogP contribution is -2.59. The number of likely N-dealkylation sites (N-methyl/N-ethyl adjacent to an activating group) is 1. The fourth-order valence-electron chi connectivity index (χ4n) is 7.04. The Hall–Kier alpha value is -1.60. The third-order valence-electron chi connectivity index (χ3n) is 7.96. The molecule has 1 N–H and O–H groups in total. The van der Waals surface area contributed by atoms with Crippen LogP contribution in [0.5, 0.6) is 0 Å². The first kappa shape index (κ1) is 21.6. The number of carbonyl (C=O) groups excluding carboxylic acids is 2. The smallest absolute Gasteiger partial charge is 0.244 e. The van der Waals surface area contributed by atoms with Gasteiger partial charge in [-0.3, -0.25) is 14.3 Å². The zero-order chi connectivity index (χ0) is 20.2. The quantitative estimate of drug-likeness (QED) is 0.785. The van der Waals surface area contributed by atoms with Crippen molar-refractivity contribution < 1.29 is 9.59 Å². The molecular formula is C22H34ClN5O2. The standard InChI is InChI=1S/C22H33N5O2.ClH/c1-23-19(18-13-24-25(2)14-18)20(28)26-3-5-27(6-4-26)21(29)22-10-15-7-16(11-22)9-17(8-15)12-22;/h13-17,19,23H,3-12H2,1-2H3;1H. The Bertz CT molecular complexity index is 766. The van der Waals surface area contributed by atoms with Gasteiger partial charge >= 0.3 is 0 Å². The molecule has 1 aromatic heterocycles. The molecule has 0 radical (unpaired) electrons. The highest BCUT2D eigenvalue weighted by molar-refractivity contribution is 5.86. The number of aromatic nitrogens is 2. The summed E-state index contributed by atoms with van der Waals surface area (Å²) >= 11 is 0. The maximum atomic E-state index is 13.5. The minimum Gasteiger partial charge on any atom is -0.339 e. The maximum Gasteiger partial charge on any atom is 0.244 e. The molecule has 5 fully saturated rings. The second-order valence-electron chi connectivity index (χ2n) is 9.98. The number of nitrogens with one attached hydrogen (secondary N) is 1. The molecule has 166 valence electrons. The van der Waals surface area contributed by atoms with Gasteiger partial charge in [-0.15, -0.1) is 12.4 Å². The summed E-state index contributed by atoms with van der Waals surface area (Å²) in [6, 6.07) is -0.380. The summed E-state index contributed by atoms with van der Waals surface area (Å²) in [7, 11) is 3.66. The maximum absolute atomic E-state index is 13.5. The number of piperazine rings is 1.